The average molecular weight is 457 g/mol. The molecule has 176 valence electrons. The Morgan fingerprint density at radius 2 is 1.70 bits per heavy atom. The topological polar surface area (TPSA) is 116 Å². The summed E-state index contributed by atoms with van der Waals surface area (Å²) in [6, 6.07) is 6.89. The van der Waals surface area contributed by atoms with E-state index in [9.17, 15) is 15.0 Å². The van der Waals surface area contributed by atoms with E-state index in [1.807, 2.05) is 19.1 Å². The summed E-state index contributed by atoms with van der Waals surface area (Å²) in [5.74, 6) is 0.314. The van der Waals surface area contributed by atoms with Crippen LogP contribution in [0.25, 0.3) is 0 Å². The Morgan fingerprint density at radius 1 is 1.06 bits per heavy atom. The first-order valence-corrected chi connectivity index (χ1v) is 10.9. The number of aliphatic hydroxyl groups is 1. The van der Waals surface area contributed by atoms with E-state index in [2.05, 4.69) is 5.32 Å². The number of methoxy groups -OCH3 is 2. The van der Waals surface area contributed by atoms with Gasteiger partial charge in [-0.3, -0.25) is 4.79 Å². The summed E-state index contributed by atoms with van der Waals surface area (Å²) < 4.78 is 27.6. The van der Waals surface area contributed by atoms with E-state index in [1.165, 1.54) is 14.2 Å². The smallest absolute Gasteiger partial charge is 0.310 e. The monoisotopic (exact) mass is 457 g/mol. The molecule has 9 heteroatoms. The molecule has 33 heavy (non-hydrogen) atoms. The predicted molar refractivity (Wildman–Crippen MR) is 116 cm³/mol. The molecule has 1 fully saturated rings. The van der Waals surface area contributed by atoms with Crippen LogP contribution in [0.1, 0.15) is 35.6 Å². The Bertz CT molecular complexity index is 1060. The van der Waals surface area contributed by atoms with Crippen molar-refractivity contribution in [1.29, 1.82) is 0 Å². The molecule has 2 aromatic carbocycles. The van der Waals surface area contributed by atoms with E-state index in [1.54, 1.807) is 12.1 Å². The Balaban J connectivity index is 1.73. The van der Waals surface area contributed by atoms with Gasteiger partial charge < -0.3 is 39.2 Å². The van der Waals surface area contributed by atoms with Crippen LogP contribution in [0.2, 0.25) is 0 Å². The molecule has 0 unspecified atom stereocenters. The molecule has 1 saturated heterocycles. The molecule has 0 aromatic heterocycles. The fourth-order valence-electron chi connectivity index (χ4n) is 5.23. The summed E-state index contributed by atoms with van der Waals surface area (Å²) >= 11 is 0. The maximum Gasteiger partial charge on any atom is 0.310 e. The molecule has 3 N–H and O–H groups in total. The van der Waals surface area contributed by atoms with Crippen LogP contribution >= 0.6 is 0 Å². The van der Waals surface area contributed by atoms with Gasteiger partial charge in [-0.15, -0.1) is 0 Å². The van der Waals surface area contributed by atoms with Crippen LogP contribution in [0.3, 0.4) is 0 Å². The molecule has 3 aliphatic rings. The predicted octanol–water partition coefficient (Wildman–Crippen LogP) is 2.08. The van der Waals surface area contributed by atoms with Crippen molar-refractivity contribution in [2.24, 2.45) is 11.8 Å². The third-order valence-corrected chi connectivity index (χ3v) is 6.79. The zero-order chi connectivity index (χ0) is 23.3. The first-order chi connectivity index (χ1) is 16.0. The van der Waals surface area contributed by atoms with Crippen molar-refractivity contribution in [2.75, 3.05) is 34.2 Å². The van der Waals surface area contributed by atoms with E-state index in [0.29, 0.717) is 11.5 Å². The third kappa shape index (κ3) is 3.43. The summed E-state index contributed by atoms with van der Waals surface area (Å²) in [4.78, 5) is 13.0. The molecule has 0 amide bonds. The van der Waals surface area contributed by atoms with Gasteiger partial charge in [0.25, 0.3) is 0 Å². The minimum Gasteiger partial charge on any atom is -0.502 e. The number of fused-ring (bicyclic) bond motifs is 3. The van der Waals surface area contributed by atoms with Crippen LogP contribution in [0.5, 0.6) is 28.7 Å². The maximum absolute atomic E-state index is 13.0. The van der Waals surface area contributed by atoms with Gasteiger partial charge in [0, 0.05) is 23.9 Å². The number of rotatable bonds is 6. The molecule has 0 radical (unpaired) electrons. The van der Waals surface area contributed by atoms with Crippen LogP contribution < -0.4 is 24.3 Å². The van der Waals surface area contributed by atoms with E-state index < -0.39 is 5.92 Å². The quantitative estimate of drug-likeness (QED) is 0.561. The number of hydrogen-bond acceptors (Lipinski definition) is 9. The summed E-state index contributed by atoms with van der Waals surface area (Å²) in [7, 11) is 2.93. The van der Waals surface area contributed by atoms with Gasteiger partial charge in [-0.05, 0) is 47.9 Å². The van der Waals surface area contributed by atoms with Crippen molar-refractivity contribution in [1.82, 2.24) is 5.32 Å². The van der Waals surface area contributed by atoms with E-state index in [-0.39, 0.29) is 67.1 Å². The molecule has 1 aliphatic carbocycles. The van der Waals surface area contributed by atoms with E-state index >= 15 is 0 Å². The van der Waals surface area contributed by atoms with Crippen LogP contribution in [-0.2, 0) is 9.53 Å². The lowest BCUT2D eigenvalue weighted by Crippen LogP contribution is -2.44. The number of phenolic OH excluding ortho intramolecular Hbond substituents is 1. The van der Waals surface area contributed by atoms with Crippen molar-refractivity contribution >= 4 is 5.97 Å². The number of carbonyl (C=O) groups excluding carboxylic acids is 1. The molecule has 5 atom stereocenters. The molecule has 0 spiro atoms. The van der Waals surface area contributed by atoms with E-state index in [4.69, 9.17) is 23.7 Å². The lowest BCUT2D eigenvalue weighted by atomic mass is 9.65. The number of cyclic esters (lactones) is 1. The largest absolute Gasteiger partial charge is 0.502 e. The van der Waals surface area contributed by atoms with Crippen molar-refractivity contribution in [2.45, 2.75) is 24.9 Å². The summed E-state index contributed by atoms with van der Waals surface area (Å²) in [5, 5.41) is 23.6. The third-order valence-electron chi connectivity index (χ3n) is 6.79. The minimum absolute atomic E-state index is 0.0433. The number of phenols is 1. The number of aromatic hydroxyl groups is 1. The zero-order valence-corrected chi connectivity index (χ0v) is 18.7. The second kappa shape index (κ2) is 8.31. The van der Waals surface area contributed by atoms with Gasteiger partial charge in [0.2, 0.25) is 12.5 Å². The maximum atomic E-state index is 13.0. The molecule has 2 aliphatic heterocycles. The molecule has 2 aromatic rings. The summed E-state index contributed by atoms with van der Waals surface area (Å²) in [6.45, 7) is 2.24. The van der Waals surface area contributed by atoms with Gasteiger partial charge in [-0.25, -0.2) is 0 Å². The van der Waals surface area contributed by atoms with Gasteiger partial charge >= 0.3 is 5.97 Å². The van der Waals surface area contributed by atoms with Gasteiger partial charge in [0.15, 0.2) is 23.0 Å². The Labute approximate surface area is 191 Å². The highest BCUT2D eigenvalue weighted by Crippen LogP contribution is 2.55. The second-order valence-corrected chi connectivity index (χ2v) is 8.63. The van der Waals surface area contributed by atoms with Gasteiger partial charge in [0.1, 0.15) is 0 Å². The molecule has 2 heterocycles. The SMILES string of the molecule is COc1cc([C@@H]2c3cc4c(cc3[C@@H](N[C@@H](C)CO)[C@H]3COC(=O)[C@H]23)OCO4)cc(OC)c1O. The number of carbonyl (C=O) groups is 1. The van der Waals surface area contributed by atoms with Crippen molar-refractivity contribution in [3.63, 3.8) is 0 Å². The van der Waals surface area contributed by atoms with Crippen LogP contribution in [0.15, 0.2) is 24.3 Å². The Kier molecular flexibility index (Phi) is 5.46. The van der Waals surface area contributed by atoms with Gasteiger partial charge in [-0.1, -0.05) is 0 Å². The fourth-order valence-corrected chi connectivity index (χ4v) is 5.23. The van der Waals surface area contributed by atoms with Crippen molar-refractivity contribution in [3.05, 3.63) is 41.0 Å². The Morgan fingerprint density at radius 3 is 2.30 bits per heavy atom. The number of hydrogen-bond donors (Lipinski definition) is 3. The molecular formula is C24H27NO8. The standard InChI is InChI=1S/C24H27NO8/c1-11(8-26)25-22-14-7-17-16(32-10-33-17)6-13(14)20(21-15(22)9-31-24(21)28)12-4-18(29-2)23(27)19(5-12)30-3/h4-7,11,15,20-22,25-27H,8-10H2,1-3H3/t11-,15-,20+,21-,22+/m0/s1. The normalized spacial score (nSPS) is 25.8. The van der Waals surface area contributed by atoms with Crippen LogP contribution in [0.4, 0.5) is 0 Å². The number of esters is 1. The van der Waals surface area contributed by atoms with Crippen molar-refractivity contribution in [3.8, 4) is 28.7 Å². The summed E-state index contributed by atoms with van der Waals surface area (Å²) in [6.07, 6.45) is 0. The minimum atomic E-state index is -0.486. The molecule has 0 saturated carbocycles. The van der Waals surface area contributed by atoms with Gasteiger partial charge in [0.05, 0.1) is 33.4 Å². The number of benzene rings is 2. The molecule has 5 rings (SSSR count). The number of nitrogens with one attached hydrogen (secondary N) is 1. The average Bonchev–Trinajstić information content (AvgIpc) is 3.44. The highest BCUT2D eigenvalue weighted by Gasteiger charge is 2.52. The molecule has 9 nitrogen and oxygen atoms in total. The first-order valence-electron chi connectivity index (χ1n) is 10.9. The fraction of sp³-hybridized carbons (Fsp3) is 0.458. The second-order valence-electron chi connectivity index (χ2n) is 8.63. The number of ether oxygens (including phenoxy) is 5. The zero-order valence-electron chi connectivity index (χ0n) is 18.7. The lowest BCUT2D eigenvalue weighted by molar-refractivity contribution is -0.141. The van der Waals surface area contributed by atoms with Crippen LogP contribution in [-0.4, -0.2) is 56.5 Å². The highest BCUT2D eigenvalue weighted by atomic mass is 16.7. The van der Waals surface area contributed by atoms with Crippen LogP contribution in [0, 0.1) is 11.8 Å². The highest BCUT2D eigenvalue weighted by molar-refractivity contribution is 5.79. The van der Waals surface area contributed by atoms with Crippen molar-refractivity contribution < 1.29 is 38.7 Å². The number of aliphatic hydroxyl groups excluding tert-OH is 1. The lowest BCUT2D eigenvalue weighted by Gasteiger charge is -2.40. The molecular weight excluding hydrogens is 430 g/mol. The van der Waals surface area contributed by atoms with Gasteiger partial charge in [-0.2, -0.15) is 0 Å². The molecule has 0 bridgehead atoms. The summed E-state index contributed by atoms with van der Waals surface area (Å²) in [5.41, 5.74) is 2.59. The van der Waals surface area contributed by atoms with E-state index in [0.717, 1.165) is 16.7 Å². The first kappa shape index (κ1) is 21.7. The Hall–Kier alpha value is -3.17.